The molecule has 9 nitrogen and oxygen atoms in total. The number of hydrogen-bond donors (Lipinski definition) is 3. The number of aliphatic hydroxyl groups is 2. The number of aliphatic hydroxyl groups excluding tert-OH is 2. The summed E-state index contributed by atoms with van der Waals surface area (Å²) in [5.41, 5.74) is 1.66. The van der Waals surface area contributed by atoms with Crippen LogP contribution >= 0.6 is 22.6 Å². The Kier molecular flexibility index (Phi) is 11.2. The summed E-state index contributed by atoms with van der Waals surface area (Å²) < 4.78 is 12.4. The molecule has 0 bridgehead atoms. The molecule has 0 spiro atoms. The Bertz CT molecular complexity index is 1250. The van der Waals surface area contributed by atoms with Crippen molar-refractivity contribution in [2.75, 3.05) is 20.3 Å². The average Bonchev–Trinajstić information content (AvgIpc) is 2.99. The van der Waals surface area contributed by atoms with Gasteiger partial charge in [0, 0.05) is 30.1 Å². The Labute approximate surface area is 254 Å². The fourth-order valence-electron chi connectivity index (χ4n) is 5.69. The number of benzene rings is 2. The van der Waals surface area contributed by atoms with Crippen molar-refractivity contribution in [1.29, 1.82) is 0 Å². The van der Waals surface area contributed by atoms with E-state index >= 15 is 0 Å². The number of nitrogens with one attached hydrogen (secondary N) is 1. The number of carbonyl (C=O) groups excluding carboxylic acids is 3. The van der Waals surface area contributed by atoms with Gasteiger partial charge in [-0.15, -0.1) is 0 Å². The molecule has 0 aliphatic heterocycles. The zero-order chi connectivity index (χ0) is 29.4. The Morgan fingerprint density at radius 3 is 2.54 bits per heavy atom. The molecule has 0 heterocycles. The lowest BCUT2D eigenvalue weighted by Crippen LogP contribution is -2.58. The second-order valence-electron chi connectivity index (χ2n) is 10.4. The van der Waals surface area contributed by atoms with Crippen LogP contribution in [0.4, 0.5) is 0 Å². The van der Waals surface area contributed by atoms with E-state index in [1.807, 2.05) is 52.9 Å². The summed E-state index contributed by atoms with van der Waals surface area (Å²) in [6.07, 6.45) is 5.21. The quantitative estimate of drug-likeness (QED) is 0.246. The number of nitrogens with zero attached hydrogens (tertiary/aromatic N) is 1. The minimum Gasteiger partial charge on any atom is -0.493 e. The van der Waals surface area contributed by atoms with Gasteiger partial charge in [-0.25, -0.2) is 0 Å². The van der Waals surface area contributed by atoms with Gasteiger partial charge in [-0.2, -0.15) is 0 Å². The molecular formula is C31H37IN2O7. The Morgan fingerprint density at radius 1 is 1.15 bits per heavy atom. The van der Waals surface area contributed by atoms with Gasteiger partial charge in [0.25, 0.3) is 0 Å². The predicted octanol–water partition coefficient (Wildman–Crippen LogP) is 3.43. The molecule has 3 atom stereocenters. The molecule has 0 aromatic heterocycles. The minimum atomic E-state index is -1.14. The van der Waals surface area contributed by atoms with Crippen LogP contribution in [-0.2, 0) is 16.0 Å². The minimum absolute atomic E-state index is 0.0679. The van der Waals surface area contributed by atoms with Gasteiger partial charge in [-0.1, -0.05) is 49.6 Å². The first kappa shape index (κ1) is 31.0. The lowest BCUT2D eigenvalue weighted by atomic mass is 9.84. The van der Waals surface area contributed by atoms with Gasteiger partial charge in [0.1, 0.15) is 18.5 Å². The molecule has 4 rings (SSSR count). The third-order valence-electron chi connectivity index (χ3n) is 7.67. The van der Waals surface area contributed by atoms with E-state index < -0.39 is 18.2 Å². The highest BCUT2D eigenvalue weighted by Gasteiger charge is 2.43. The SMILES string of the molecule is COc1cc(C=O)cc(I)c1O[C@H]1C=C(C(=O)NCCO)C[C@@H](N(C(=O)Cc2ccccc2)C2CCCCC2)[C@@H]1O. The van der Waals surface area contributed by atoms with Crippen molar-refractivity contribution in [2.45, 2.75) is 69.2 Å². The highest BCUT2D eigenvalue weighted by Crippen LogP contribution is 2.38. The molecule has 2 aromatic carbocycles. The fraction of sp³-hybridized carbons (Fsp3) is 0.452. The maximum atomic E-state index is 14.0. The molecule has 2 aliphatic carbocycles. The van der Waals surface area contributed by atoms with Crippen LogP contribution in [0.5, 0.6) is 11.5 Å². The van der Waals surface area contributed by atoms with Crippen LogP contribution in [0.2, 0.25) is 0 Å². The van der Waals surface area contributed by atoms with E-state index in [4.69, 9.17) is 9.47 Å². The molecular weight excluding hydrogens is 639 g/mol. The lowest BCUT2D eigenvalue weighted by molar-refractivity contribution is -0.142. The number of carbonyl (C=O) groups is 3. The van der Waals surface area contributed by atoms with Crippen LogP contribution in [0.1, 0.15) is 54.4 Å². The van der Waals surface area contributed by atoms with Crippen molar-refractivity contribution in [3.05, 3.63) is 68.8 Å². The summed E-state index contributed by atoms with van der Waals surface area (Å²) in [6, 6.07) is 11.9. The first-order valence-corrected chi connectivity index (χ1v) is 15.1. The molecule has 2 aromatic rings. The molecule has 0 unspecified atom stereocenters. The van der Waals surface area contributed by atoms with Crippen LogP contribution in [0.3, 0.4) is 0 Å². The van der Waals surface area contributed by atoms with Crippen LogP contribution in [0.25, 0.3) is 0 Å². The monoisotopic (exact) mass is 676 g/mol. The lowest BCUT2D eigenvalue weighted by Gasteiger charge is -2.45. The molecule has 1 fully saturated rings. The van der Waals surface area contributed by atoms with Crippen molar-refractivity contribution in [2.24, 2.45) is 0 Å². The van der Waals surface area contributed by atoms with Crippen LogP contribution in [-0.4, -0.2) is 77.8 Å². The summed E-state index contributed by atoms with van der Waals surface area (Å²) in [4.78, 5) is 40.3. The zero-order valence-corrected chi connectivity index (χ0v) is 25.3. The summed E-state index contributed by atoms with van der Waals surface area (Å²) in [5.74, 6) is 0.152. The molecule has 2 amide bonds. The highest BCUT2D eigenvalue weighted by atomic mass is 127. The second kappa shape index (κ2) is 14.8. The Hall–Kier alpha value is -2.96. The van der Waals surface area contributed by atoms with Gasteiger partial charge >= 0.3 is 0 Å². The number of rotatable bonds is 11. The molecule has 3 N–H and O–H groups in total. The third kappa shape index (κ3) is 7.66. The Morgan fingerprint density at radius 2 is 1.88 bits per heavy atom. The van der Waals surface area contributed by atoms with E-state index in [0.717, 1.165) is 37.7 Å². The van der Waals surface area contributed by atoms with E-state index in [-0.39, 0.29) is 43.8 Å². The second-order valence-corrected chi connectivity index (χ2v) is 11.6. The van der Waals surface area contributed by atoms with Gasteiger partial charge in [0.05, 0.1) is 29.7 Å². The number of hydrogen-bond acceptors (Lipinski definition) is 7. The maximum Gasteiger partial charge on any atom is 0.247 e. The molecule has 220 valence electrons. The number of aldehydes is 1. The molecule has 41 heavy (non-hydrogen) atoms. The first-order chi connectivity index (χ1) is 19.9. The smallest absolute Gasteiger partial charge is 0.247 e. The summed E-state index contributed by atoms with van der Waals surface area (Å²) in [7, 11) is 1.46. The van der Waals surface area contributed by atoms with Crippen LogP contribution in [0, 0.1) is 3.57 Å². The van der Waals surface area contributed by atoms with Crippen LogP contribution < -0.4 is 14.8 Å². The van der Waals surface area contributed by atoms with Crippen molar-refractivity contribution >= 4 is 40.7 Å². The van der Waals surface area contributed by atoms with Gasteiger partial charge < -0.3 is 29.9 Å². The van der Waals surface area contributed by atoms with Gasteiger partial charge in [0.2, 0.25) is 11.8 Å². The molecule has 0 radical (unpaired) electrons. The third-order valence-corrected chi connectivity index (χ3v) is 8.47. The maximum absolute atomic E-state index is 14.0. The number of ether oxygens (including phenoxy) is 2. The standard InChI is InChI=1S/C31H37IN2O7/c1-40-27-15-21(19-36)14-24(32)30(27)41-26-18-22(31(39)33-12-13-35)17-25(29(26)38)34(23-10-6-3-7-11-23)28(37)16-20-8-4-2-5-9-20/h2,4-5,8-9,14-15,18-19,23,25-26,29,35,38H,3,6-7,10-13,16-17H2,1H3,(H,33,39)/t25-,26+,29+/m1/s1. The number of amides is 2. The molecule has 0 saturated heterocycles. The van der Waals surface area contributed by atoms with E-state index in [0.29, 0.717) is 32.5 Å². The van der Waals surface area contributed by atoms with Crippen molar-refractivity contribution in [1.82, 2.24) is 10.2 Å². The van der Waals surface area contributed by atoms with Gasteiger partial charge in [0.15, 0.2) is 11.5 Å². The zero-order valence-electron chi connectivity index (χ0n) is 23.1. The van der Waals surface area contributed by atoms with Crippen molar-refractivity contribution < 1.29 is 34.1 Å². The normalized spacial score (nSPS) is 21.0. The summed E-state index contributed by atoms with van der Waals surface area (Å²) in [5, 5.41) is 23.8. The number of methoxy groups -OCH3 is 1. The van der Waals surface area contributed by atoms with Crippen molar-refractivity contribution in [3.63, 3.8) is 0 Å². The van der Waals surface area contributed by atoms with E-state index in [1.165, 1.54) is 7.11 Å². The Balaban J connectivity index is 1.72. The van der Waals surface area contributed by atoms with Gasteiger partial charge in [-0.05, 0) is 59.2 Å². The highest BCUT2D eigenvalue weighted by molar-refractivity contribution is 14.1. The molecule has 1 saturated carbocycles. The van der Waals surface area contributed by atoms with Crippen LogP contribution in [0.15, 0.2) is 54.1 Å². The first-order valence-electron chi connectivity index (χ1n) is 14.0. The number of halogens is 1. The topological polar surface area (TPSA) is 125 Å². The summed E-state index contributed by atoms with van der Waals surface area (Å²) in [6.45, 7) is -0.139. The van der Waals surface area contributed by atoms with Crippen molar-refractivity contribution in [3.8, 4) is 11.5 Å². The molecule has 2 aliphatic rings. The predicted molar refractivity (Wildman–Crippen MR) is 162 cm³/mol. The molecule has 10 heteroatoms. The van der Waals surface area contributed by atoms with Gasteiger partial charge in [-0.3, -0.25) is 14.4 Å². The van der Waals surface area contributed by atoms with E-state index in [2.05, 4.69) is 5.32 Å². The van der Waals surface area contributed by atoms with E-state index in [1.54, 1.807) is 23.1 Å². The fourth-order valence-corrected chi connectivity index (χ4v) is 6.44. The average molecular weight is 677 g/mol. The van der Waals surface area contributed by atoms with E-state index in [9.17, 15) is 24.6 Å². The summed E-state index contributed by atoms with van der Waals surface area (Å²) >= 11 is 2.04. The largest absolute Gasteiger partial charge is 0.493 e.